The minimum absolute atomic E-state index is 0.0896. The number of aromatic nitrogens is 1. The first-order chi connectivity index (χ1) is 15.4. The molecule has 2 aromatic carbocycles. The van der Waals surface area contributed by atoms with Gasteiger partial charge in [0.05, 0.1) is 12.1 Å². The van der Waals surface area contributed by atoms with E-state index in [0.29, 0.717) is 23.8 Å². The highest BCUT2D eigenvalue weighted by atomic mass is 32.1. The first-order valence-corrected chi connectivity index (χ1v) is 11.3. The lowest BCUT2D eigenvalue weighted by molar-refractivity contribution is 0.174. The number of pyridine rings is 1. The molecule has 0 saturated carbocycles. The minimum atomic E-state index is -0.0896. The molecule has 4 rings (SSSR count). The van der Waals surface area contributed by atoms with E-state index in [4.69, 9.17) is 21.7 Å². The molecule has 0 bridgehead atoms. The summed E-state index contributed by atoms with van der Waals surface area (Å²) in [6, 6.07) is 12.2. The van der Waals surface area contributed by atoms with Crippen molar-refractivity contribution in [2.75, 3.05) is 6.79 Å². The van der Waals surface area contributed by atoms with Crippen LogP contribution >= 0.6 is 12.2 Å². The smallest absolute Gasteiger partial charge is 0.253 e. The highest BCUT2D eigenvalue weighted by Crippen LogP contribution is 2.33. The predicted octanol–water partition coefficient (Wildman–Crippen LogP) is 4.55. The summed E-state index contributed by atoms with van der Waals surface area (Å²) >= 11 is 5.74. The fourth-order valence-corrected chi connectivity index (χ4v) is 4.09. The summed E-state index contributed by atoms with van der Waals surface area (Å²) in [5.74, 6) is 1.48. The van der Waals surface area contributed by atoms with E-state index in [-0.39, 0.29) is 18.4 Å². The van der Waals surface area contributed by atoms with Gasteiger partial charge in [0.2, 0.25) is 6.79 Å². The molecule has 168 valence electrons. The summed E-state index contributed by atoms with van der Waals surface area (Å²) in [4.78, 5) is 18.1. The fraction of sp³-hybridized carbons (Fsp3) is 0.360. The molecule has 0 amide bonds. The Morgan fingerprint density at radius 1 is 1.16 bits per heavy atom. The topological polar surface area (TPSA) is 66.6 Å². The molecule has 1 aromatic heterocycles. The van der Waals surface area contributed by atoms with Crippen LogP contribution in [-0.2, 0) is 13.1 Å². The number of aromatic amines is 1. The molecular weight excluding hydrogens is 422 g/mol. The Kier molecular flexibility index (Phi) is 6.37. The Balaban J connectivity index is 1.65. The molecule has 2 heterocycles. The normalized spacial score (nSPS) is 13.2. The summed E-state index contributed by atoms with van der Waals surface area (Å²) in [5, 5.41) is 5.03. The number of ether oxygens (including phenoxy) is 2. The maximum Gasteiger partial charge on any atom is 0.253 e. The Hall–Kier alpha value is -3.06. The Bertz CT molecular complexity index is 1220. The molecule has 1 aliphatic rings. The van der Waals surface area contributed by atoms with Gasteiger partial charge in [0.25, 0.3) is 5.56 Å². The quantitative estimate of drug-likeness (QED) is 0.536. The molecule has 0 spiro atoms. The molecular formula is C25H29N3O3S. The summed E-state index contributed by atoms with van der Waals surface area (Å²) in [6.07, 6.45) is 0.952. The van der Waals surface area contributed by atoms with Gasteiger partial charge >= 0.3 is 0 Å². The van der Waals surface area contributed by atoms with E-state index in [1.807, 2.05) is 43.0 Å². The third kappa shape index (κ3) is 4.58. The van der Waals surface area contributed by atoms with Gasteiger partial charge in [-0.1, -0.05) is 25.1 Å². The first-order valence-electron chi connectivity index (χ1n) is 10.9. The van der Waals surface area contributed by atoms with Crippen LogP contribution < -0.4 is 20.3 Å². The number of rotatable bonds is 6. The summed E-state index contributed by atoms with van der Waals surface area (Å²) in [5.41, 5.74) is 4.76. The van der Waals surface area contributed by atoms with Gasteiger partial charge in [-0.3, -0.25) is 4.79 Å². The van der Waals surface area contributed by atoms with Gasteiger partial charge in [-0.2, -0.15) is 0 Å². The number of benzene rings is 2. The molecule has 2 N–H and O–H groups in total. The number of hydrogen-bond acceptors (Lipinski definition) is 4. The van der Waals surface area contributed by atoms with Gasteiger partial charge < -0.3 is 24.7 Å². The number of thiocarbonyl (C=S) groups is 1. The van der Waals surface area contributed by atoms with Crippen LogP contribution in [-0.4, -0.2) is 27.8 Å². The van der Waals surface area contributed by atoms with Crippen LogP contribution in [0.1, 0.15) is 42.5 Å². The molecule has 0 radical (unpaired) electrons. The first kappa shape index (κ1) is 22.1. The standard InChI is InChI=1S/C25H29N3O3S/c1-5-16(3)26-25(32)28(12-18-7-9-21-22(10-18)31-14-30-21)13-20-11-19-8-6-15(2)17(4)23(19)27-24(20)29/h6-11,16H,5,12-14H2,1-4H3,(H,26,32)(H,27,29)/t16-/m1/s1. The minimum Gasteiger partial charge on any atom is -0.454 e. The van der Waals surface area contributed by atoms with E-state index >= 15 is 0 Å². The number of nitrogens with zero attached hydrogens (tertiary/aromatic N) is 1. The van der Waals surface area contributed by atoms with Crippen LogP contribution in [0.3, 0.4) is 0 Å². The number of hydrogen-bond donors (Lipinski definition) is 2. The third-order valence-corrected chi connectivity index (χ3v) is 6.45. The van der Waals surface area contributed by atoms with E-state index in [1.165, 1.54) is 0 Å². The Morgan fingerprint density at radius 3 is 2.72 bits per heavy atom. The molecule has 6 nitrogen and oxygen atoms in total. The van der Waals surface area contributed by atoms with Crippen molar-refractivity contribution in [1.29, 1.82) is 0 Å². The second-order valence-corrected chi connectivity index (χ2v) is 8.78. The highest BCUT2D eigenvalue weighted by molar-refractivity contribution is 7.80. The fourth-order valence-electron chi connectivity index (χ4n) is 3.76. The summed E-state index contributed by atoms with van der Waals surface area (Å²) < 4.78 is 10.9. The van der Waals surface area contributed by atoms with Crippen molar-refractivity contribution in [3.05, 3.63) is 69.0 Å². The Morgan fingerprint density at radius 2 is 1.94 bits per heavy atom. The molecule has 1 aliphatic heterocycles. The molecule has 0 aliphatic carbocycles. The van der Waals surface area contributed by atoms with Gasteiger partial charge in [0.1, 0.15) is 0 Å². The van der Waals surface area contributed by atoms with Crippen LogP contribution in [0.5, 0.6) is 11.5 Å². The van der Waals surface area contributed by atoms with Gasteiger partial charge in [0, 0.05) is 18.2 Å². The summed E-state index contributed by atoms with van der Waals surface area (Å²) in [6.45, 7) is 9.47. The highest BCUT2D eigenvalue weighted by Gasteiger charge is 2.18. The van der Waals surface area contributed by atoms with Crippen molar-refractivity contribution >= 4 is 28.2 Å². The molecule has 7 heteroatoms. The number of H-pyrrole nitrogens is 1. The van der Waals surface area contributed by atoms with E-state index in [9.17, 15) is 4.79 Å². The van der Waals surface area contributed by atoms with E-state index in [1.54, 1.807) is 0 Å². The third-order valence-electron chi connectivity index (χ3n) is 6.07. The zero-order valence-corrected chi connectivity index (χ0v) is 19.8. The van der Waals surface area contributed by atoms with Crippen LogP contribution in [0.25, 0.3) is 10.9 Å². The van der Waals surface area contributed by atoms with Gasteiger partial charge in [-0.15, -0.1) is 0 Å². The molecule has 1 atom stereocenters. The number of nitrogens with one attached hydrogen (secondary N) is 2. The van der Waals surface area contributed by atoms with E-state index < -0.39 is 0 Å². The van der Waals surface area contributed by atoms with Crippen molar-refractivity contribution in [3.63, 3.8) is 0 Å². The SMILES string of the molecule is CC[C@@H](C)NC(=S)N(Cc1ccc2c(c1)OCO2)Cc1cc2ccc(C)c(C)c2[nH]c1=O. The maximum absolute atomic E-state index is 13.0. The number of aryl methyl sites for hydroxylation is 2. The average molecular weight is 452 g/mol. The zero-order chi connectivity index (χ0) is 22.8. The zero-order valence-electron chi connectivity index (χ0n) is 19.0. The Labute approximate surface area is 193 Å². The molecule has 0 fully saturated rings. The second kappa shape index (κ2) is 9.20. The van der Waals surface area contributed by atoms with Gasteiger partial charge in [-0.05, 0) is 79.7 Å². The lowest BCUT2D eigenvalue weighted by Gasteiger charge is -2.28. The van der Waals surface area contributed by atoms with Crippen LogP contribution in [0.2, 0.25) is 0 Å². The average Bonchev–Trinajstić information content (AvgIpc) is 3.24. The monoisotopic (exact) mass is 451 g/mol. The summed E-state index contributed by atoms with van der Waals surface area (Å²) in [7, 11) is 0. The van der Waals surface area contributed by atoms with E-state index in [0.717, 1.165) is 45.5 Å². The van der Waals surface area contributed by atoms with Crippen molar-refractivity contribution in [2.24, 2.45) is 0 Å². The number of fused-ring (bicyclic) bond motifs is 2. The van der Waals surface area contributed by atoms with Crippen molar-refractivity contribution in [1.82, 2.24) is 15.2 Å². The molecule has 3 aromatic rings. The van der Waals surface area contributed by atoms with Crippen molar-refractivity contribution < 1.29 is 9.47 Å². The van der Waals surface area contributed by atoms with Crippen molar-refractivity contribution in [3.8, 4) is 11.5 Å². The molecule has 32 heavy (non-hydrogen) atoms. The molecule has 0 unspecified atom stereocenters. The largest absolute Gasteiger partial charge is 0.454 e. The van der Waals surface area contributed by atoms with Gasteiger partial charge in [-0.25, -0.2) is 0 Å². The maximum atomic E-state index is 13.0. The lowest BCUT2D eigenvalue weighted by Crippen LogP contribution is -2.43. The van der Waals surface area contributed by atoms with Crippen molar-refractivity contribution in [2.45, 2.75) is 53.2 Å². The van der Waals surface area contributed by atoms with E-state index in [2.05, 4.69) is 36.3 Å². The lowest BCUT2D eigenvalue weighted by atomic mass is 10.0. The van der Waals surface area contributed by atoms with Crippen LogP contribution in [0.4, 0.5) is 0 Å². The predicted molar refractivity (Wildman–Crippen MR) is 131 cm³/mol. The van der Waals surface area contributed by atoms with Crippen LogP contribution in [0.15, 0.2) is 41.2 Å². The van der Waals surface area contributed by atoms with Crippen LogP contribution in [0, 0.1) is 13.8 Å². The van der Waals surface area contributed by atoms with Gasteiger partial charge in [0.15, 0.2) is 16.6 Å². The molecule has 0 saturated heterocycles. The second-order valence-electron chi connectivity index (χ2n) is 8.40.